The number of carbonyl (C=O) groups excluding carboxylic acids is 3. The maximum absolute atomic E-state index is 13.5. The van der Waals surface area contributed by atoms with Gasteiger partial charge in [-0.3, -0.25) is 14.4 Å². The lowest BCUT2D eigenvalue weighted by molar-refractivity contribution is -0.133. The molecule has 2 fully saturated rings. The topological polar surface area (TPSA) is 116 Å². The highest BCUT2D eigenvalue weighted by Gasteiger charge is 2.39. The number of nitrogens with one attached hydrogen (secondary N) is 2. The summed E-state index contributed by atoms with van der Waals surface area (Å²) in [5.41, 5.74) is 0.0611. The molecule has 0 spiro atoms. The van der Waals surface area contributed by atoms with Gasteiger partial charge in [-0.2, -0.15) is 4.31 Å². The average molecular weight is 426 g/mol. The number of carbonyl (C=O) groups is 3. The third-order valence-corrected chi connectivity index (χ3v) is 6.32. The van der Waals surface area contributed by atoms with Crippen LogP contribution in [0.4, 0.5) is 4.39 Å². The first kappa shape index (κ1) is 21.2. The zero-order valence-corrected chi connectivity index (χ0v) is 16.7. The fourth-order valence-electron chi connectivity index (χ4n) is 3.49. The summed E-state index contributed by atoms with van der Waals surface area (Å²) < 4.78 is 38.6. The Morgan fingerprint density at radius 2 is 2.03 bits per heavy atom. The van der Waals surface area contributed by atoms with E-state index >= 15 is 0 Å². The van der Waals surface area contributed by atoms with Gasteiger partial charge < -0.3 is 15.5 Å². The first-order valence-electron chi connectivity index (χ1n) is 9.26. The Balaban J connectivity index is 1.84. The normalized spacial score (nSPS) is 23.4. The van der Waals surface area contributed by atoms with Gasteiger partial charge >= 0.3 is 0 Å². The molecule has 1 aromatic rings. The lowest BCUT2D eigenvalue weighted by atomic mass is 10.0. The number of amides is 3. The fourth-order valence-corrected chi connectivity index (χ4v) is 4.32. The maximum atomic E-state index is 13.5. The fraction of sp³-hybridized carbons (Fsp3) is 0.500. The molecule has 3 rings (SSSR count). The van der Waals surface area contributed by atoms with Crippen LogP contribution in [-0.4, -0.2) is 79.9 Å². The third-order valence-electron chi connectivity index (χ3n) is 5.05. The van der Waals surface area contributed by atoms with Crippen molar-refractivity contribution in [1.29, 1.82) is 0 Å². The second-order valence-electron chi connectivity index (χ2n) is 7.14. The molecule has 2 saturated heterocycles. The molecule has 158 valence electrons. The van der Waals surface area contributed by atoms with Crippen LogP contribution in [-0.2, 0) is 19.6 Å². The molecule has 0 unspecified atom stereocenters. The lowest BCUT2D eigenvalue weighted by Gasteiger charge is -2.40. The van der Waals surface area contributed by atoms with Crippen molar-refractivity contribution in [2.45, 2.75) is 24.9 Å². The average Bonchev–Trinajstić information content (AvgIpc) is 2.68. The Hall–Kier alpha value is -2.53. The molecule has 2 aliphatic heterocycles. The van der Waals surface area contributed by atoms with Crippen LogP contribution < -0.4 is 10.6 Å². The predicted octanol–water partition coefficient (Wildman–Crippen LogP) is -0.693. The van der Waals surface area contributed by atoms with E-state index in [0.29, 0.717) is 19.4 Å². The van der Waals surface area contributed by atoms with Crippen molar-refractivity contribution in [2.24, 2.45) is 0 Å². The van der Waals surface area contributed by atoms with Gasteiger partial charge in [0.05, 0.1) is 6.26 Å². The Morgan fingerprint density at radius 1 is 1.28 bits per heavy atom. The smallest absolute Gasteiger partial charge is 0.254 e. The van der Waals surface area contributed by atoms with Gasteiger partial charge in [-0.15, -0.1) is 0 Å². The van der Waals surface area contributed by atoms with Crippen LogP contribution in [0.5, 0.6) is 0 Å². The molecule has 2 N–H and O–H groups in total. The van der Waals surface area contributed by atoms with E-state index in [4.69, 9.17) is 0 Å². The quantitative estimate of drug-likeness (QED) is 0.661. The Kier molecular flexibility index (Phi) is 6.18. The van der Waals surface area contributed by atoms with Crippen molar-refractivity contribution in [3.63, 3.8) is 0 Å². The molecule has 9 nitrogen and oxygen atoms in total. The van der Waals surface area contributed by atoms with Crippen molar-refractivity contribution in [3.05, 3.63) is 35.6 Å². The van der Waals surface area contributed by atoms with E-state index in [1.165, 1.54) is 23.1 Å². The number of halogens is 1. The highest BCUT2D eigenvalue weighted by atomic mass is 32.2. The molecule has 29 heavy (non-hydrogen) atoms. The van der Waals surface area contributed by atoms with Crippen LogP contribution >= 0.6 is 0 Å². The van der Waals surface area contributed by atoms with E-state index in [2.05, 4.69) is 10.6 Å². The summed E-state index contributed by atoms with van der Waals surface area (Å²) in [4.78, 5) is 39.0. The van der Waals surface area contributed by atoms with Gasteiger partial charge in [-0.25, -0.2) is 12.8 Å². The molecule has 0 bridgehead atoms. The summed E-state index contributed by atoms with van der Waals surface area (Å²) in [7, 11) is -3.58. The maximum Gasteiger partial charge on any atom is 0.254 e. The van der Waals surface area contributed by atoms with Crippen molar-refractivity contribution in [3.8, 4) is 0 Å². The molecular formula is C18H23FN4O5S. The van der Waals surface area contributed by atoms with E-state index in [9.17, 15) is 27.2 Å². The van der Waals surface area contributed by atoms with Gasteiger partial charge in [0.25, 0.3) is 5.91 Å². The molecule has 0 aliphatic carbocycles. The molecule has 3 amide bonds. The summed E-state index contributed by atoms with van der Waals surface area (Å²) in [6, 6.07) is 3.20. The number of hydrogen-bond acceptors (Lipinski definition) is 5. The number of rotatable bonds is 4. The first-order chi connectivity index (χ1) is 13.7. The van der Waals surface area contributed by atoms with Crippen LogP contribution in [0.1, 0.15) is 23.2 Å². The minimum absolute atomic E-state index is 0.0214. The summed E-state index contributed by atoms with van der Waals surface area (Å²) >= 11 is 0. The lowest BCUT2D eigenvalue weighted by Crippen LogP contribution is -2.63. The molecule has 2 aliphatic rings. The van der Waals surface area contributed by atoms with E-state index in [-0.39, 0.29) is 31.1 Å². The SMILES string of the molecule is CS(=O)(=O)N1CCN(C(=O)c2cccc(F)c2)[C@H](C(=O)N[C@@H]2CCCNC2=O)C1. The molecule has 11 heteroatoms. The Morgan fingerprint density at radius 3 is 2.69 bits per heavy atom. The van der Waals surface area contributed by atoms with Crippen LogP contribution in [0.15, 0.2) is 24.3 Å². The molecule has 0 aromatic heterocycles. The molecular weight excluding hydrogens is 403 g/mol. The number of piperidine rings is 1. The predicted molar refractivity (Wildman–Crippen MR) is 102 cm³/mol. The minimum atomic E-state index is -3.58. The highest BCUT2D eigenvalue weighted by molar-refractivity contribution is 7.88. The minimum Gasteiger partial charge on any atom is -0.354 e. The number of piperazine rings is 1. The largest absolute Gasteiger partial charge is 0.354 e. The zero-order chi connectivity index (χ0) is 21.2. The Bertz CT molecular complexity index is 923. The zero-order valence-electron chi connectivity index (χ0n) is 15.9. The van der Waals surface area contributed by atoms with Crippen molar-refractivity contribution in [2.75, 3.05) is 32.4 Å². The first-order valence-corrected chi connectivity index (χ1v) is 11.1. The number of sulfonamides is 1. The van der Waals surface area contributed by atoms with E-state index < -0.39 is 39.7 Å². The van der Waals surface area contributed by atoms with Crippen LogP contribution in [0.2, 0.25) is 0 Å². The molecule has 0 saturated carbocycles. The molecule has 2 atom stereocenters. The van der Waals surface area contributed by atoms with E-state index in [0.717, 1.165) is 16.6 Å². The number of nitrogens with zero attached hydrogens (tertiary/aromatic N) is 2. The Labute approximate surface area is 168 Å². The van der Waals surface area contributed by atoms with Crippen LogP contribution in [0, 0.1) is 5.82 Å². The van der Waals surface area contributed by atoms with Gasteiger partial charge in [0.2, 0.25) is 21.8 Å². The second-order valence-corrected chi connectivity index (χ2v) is 9.12. The summed E-state index contributed by atoms with van der Waals surface area (Å²) in [6.07, 6.45) is 2.18. The van der Waals surface area contributed by atoms with Crippen LogP contribution in [0.3, 0.4) is 0 Å². The van der Waals surface area contributed by atoms with Crippen molar-refractivity contribution >= 4 is 27.7 Å². The third kappa shape index (κ3) is 4.91. The van der Waals surface area contributed by atoms with E-state index in [1.807, 2.05) is 0 Å². The summed E-state index contributed by atoms with van der Waals surface area (Å²) in [5.74, 6) is -2.11. The van der Waals surface area contributed by atoms with Gasteiger partial charge in [0.1, 0.15) is 17.9 Å². The van der Waals surface area contributed by atoms with E-state index in [1.54, 1.807) is 0 Å². The number of benzene rings is 1. The van der Waals surface area contributed by atoms with Crippen molar-refractivity contribution in [1.82, 2.24) is 19.8 Å². The van der Waals surface area contributed by atoms with Gasteiger partial charge in [0, 0.05) is 31.7 Å². The summed E-state index contributed by atoms with van der Waals surface area (Å²) in [5, 5.41) is 5.27. The molecule has 0 radical (unpaired) electrons. The number of hydrogen-bond donors (Lipinski definition) is 2. The van der Waals surface area contributed by atoms with Gasteiger partial charge in [0.15, 0.2) is 0 Å². The standard InChI is InChI=1S/C18H23FN4O5S/c1-29(27,28)22-8-9-23(18(26)12-4-2-5-13(19)10-12)15(11-22)17(25)21-14-6-3-7-20-16(14)24/h2,4-5,10,14-15H,3,6-9,11H2,1H3,(H,20,24)(H,21,25)/t14-,15+/m1/s1. The second kappa shape index (κ2) is 8.46. The monoisotopic (exact) mass is 426 g/mol. The summed E-state index contributed by atoms with van der Waals surface area (Å²) in [6.45, 7) is 0.283. The highest BCUT2D eigenvalue weighted by Crippen LogP contribution is 2.18. The molecule has 2 heterocycles. The van der Waals surface area contributed by atoms with Crippen LogP contribution in [0.25, 0.3) is 0 Å². The van der Waals surface area contributed by atoms with Crippen molar-refractivity contribution < 1.29 is 27.2 Å². The van der Waals surface area contributed by atoms with Gasteiger partial charge in [-0.05, 0) is 31.0 Å². The molecule has 1 aromatic carbocycles. The van der Waals surface area contributed by atoms with Gasteiger partial charge in [-0.1, -0.05) is 6.07 Å².